The van der Waals surface area contributed by atoms with E-state index in [0.717, 1.165) is 12.1 Å². The van der Waals surface area contributed by atoms with Crippen LogP contribution < -0.4 is 0 Å². The average molecular weight is 319 g/mol. The summed E-state index contributed by atoms with van der Waals surface area (Å²) in [6.07, 6.45) is 0. The fourth-order valence-electron chi connectivity index (χ4n) is 2.22. The second-order valence-electron chi connectivity index (χ2n) is 5.36. The van der Waals surface area contributed by atoms with Crippen molar-refractivity contribution in [3.63, 3.8) is 0 Å². The monoisotopic (exact) mass is 319 g/mol. The summed E-state index contributed by atoms with van der Waals surface area (Å²) in [5, 5.41) is 9.26. The van der Waals surface area contributed by atoms with Crippen molar-refractivity contribution in [1.29, 1.82) is 0 Å². The minimum atomic E-state index is -3.78. The number of benzene rings is 1. The van der Waals surface area contributed by atoms with Crippen molar-refractivity contribution in [3.05, 3.63) is 29.6 Å². The van der Waals surface area contributed by atoms with Gasteiger partial charge in [0.25, 0.3) is 0 Å². The Kier molecular flexibility index (Phi) is 4.44. The van der Waals surface area contributed by atoms with Crippen LogP contribution in [0.3, 0.4) is 0 Å². The maximum absolute atomic E-state index is 13.4. The third kappa shape index (κ3) is 3.16. The van der Waals surface area contributed by atoms with Crippen LogP contribution in [0.4, 0.5) is 4.39 Å². The Bertz CT molecular complexity index is 602. The largest absolute Gasteiger partial charge is 0.392 e. The third-order valence-corrected chi connectivity index (χ3v) is 6.43. The number of hydrogen-bond donors (Lipinski definition) is 1. The van der Waals surface area contributed by atoms with Gasteiger partial charge < -0.3 is 5.11 Å². The Morgan fingerprint density at radius 1 is 1.45 bits per heavy atom. The van der Waals surface area contributed by atoms with Gasteiger partial charge in [0.15, 0.2) is 0 Å². The number of hydrogen-bond acceptors (Lipinski definition) is 4. The van der Waals surface area contributed by atoms with Gasteiger partial charge in [-0.1, -0.05) is 6.07 Å². The summed E-state index contributed by atoms with van der Waals surface area (Å²) in [4.78, 5) is -0.136. The van der Waals surface area contributed by atoms with Crippen LogP contribution >= 0.6 is 11.8 Å². The lowest BCUT2D eigenvalue weighted by Crippen LogP contribution is -2.46. The molecule has 2 rings (SSSR count). The predicted octanol–water partition coefficient (Wildman–Crippen LogP) is 1.83. The molecule has 20 heavy (non-hydrogen) atoms. The molecule has 1 aromatic rings. The van der Waals surface area contributed by atoms with Gasteiger partial charge in [-0.3, -0.25) is 0 Å². The van der Waals surface area contributed by atoms with Gasteiger partial charge in [-0.05, 0) is 31.5 Å². The molecule has 0 spiro atoms. The number of aliphatic hydroxyl groups is 1. The maximum Gasteiger partial charge on any atom is 0.243 e. The van der Waals surface area contributed by atoms with Crippen LogP contribution in [0.25, 0.3) is 0 Å². The molecule has 112 valence electrons. The van der Waals surface area contributed by atoms with E-state index >= 15 is 0 Å². The van der Waals surface area contributed by atoms with Gasteiger partial charge in [0.05, 0.1) is 11.5 Å². The van der Waals surface area contributed by atoms with E-state index in [1.54, 1.807) is 11.8 Å². The summed E-state index contributed by atoms with van der Waals surface area (Å²) in [5.41, 5.74) is 0.224. The Labute approximate surface area is 123 Å². The van der Waals surface area contributed by atoms with Crippen molar-refractivity contribution < 1.29 is 17.9 Å². The summed E-state index contributed by atoms with van der Waals surface area (Å²) in [6, 6.07) is 3.45. The first-order chi connectivity index (χ1) is 9.26. The lowest BCUT2D eigenvalue weighted by molar-refractivity contribution is 0.277. The fraction of sp³-hybridized carbons (Fsp3) is 0.538. The van der Waals surface area contributed by atoms with Crippen molar-refractivity contribution in [1.82, 2.24) is 4.31 Å². The second-order valence-corrected chi connectivity index (χ2v) is 9.07. The van der Waals surface area contributed by atoms with Crippen molar-refractivity contribution in [3.8, 4) is 0 Å². The topological polar surface area (TPSA) is 57.6 Å². The van der Waals surface area contributed by atoms with Gasteiger partial charge in [-0.15, -0.1) is 0 Å². The van der Waals surface area contributed by atoms with Crippen molar-refractivity contribution in [2.75, 3.05) is 18.8 Å². The van der Waals surface area contributed by atoms with Crippen molar-refractivity contribution in [2.24, 2.45) is 0 Å². The quantitative estimate of drug-likeness (QED) is 0.923. The minimum Gasteiger partial charge on any atom is -0.392 e. The highest BCUT2D eigenvalue weighted by Crippen LogP contribution is 2.33. The molecule has 7 heteroatoms. The average Bonchev–Trinajstić information content (AvgIpc) is 2.37. The summed E-state index contributed by atoms with van der Waals surface area (Å²) in [6.45, 7) is 4.32. The van der Waals surface area contributed by atoms with Gasteiger partial charge in [0.1, 0.15) is 5.82 Å². The molecule has 0 unspecified atom stereocenters. The lowest BCUT2D eigenvalue weighted by atomic mass is 10.2. The number of halogens is 1. The van der Waals surface area contributed by atoms with Gasteiger partial charge in [-0.25, -0.2) is 12.8 Å². The first-order valence-electron chi connectivity index (χ1n) is 6.30. The van der Waals surface area contributed by atoms with E-state index < -0.39 is 22.4 Å². The second kappa shape index (κ2) is 5.63. The zero-order chi connectivity index (χ0) is 15.0. The van der Waals surface area contributed by atoms with E-state index in [9.17, 15) is 17.9 Å². The van der Waals surface area contributed by atoms with Crippen LogP contribution in [-0.2, 0) is 16.6 Å². The minimum absolute atomic E-state index is 0.136. The molecule has 4 nitrogen and oxygen atoms in total. The predicted molar refractivity (Wildman–Crippen MR) is 77.6 cm³/mol. The smallest absolute Gasteiger partial charge is 0.243 e. The molecule has 0 atom stereocenters. The maximum atomic E-state index is 13.4. The standard InChI is InChI=1S/C13H18FNO3S2/c1-13(2)9-15(5-6-19-13)20(17,18)12-7-11(14)4-3-10(12)8-16/h3-4,7,16H,5-6,8-9H2,1-2H3. The molecule has 1 aromatic carbocycles. The van der Waals surface area contributed by atoms with E-state index in [1.807, 2.05) is 13.8 Å². The van der Waals surface area contributed by atoms with Crippen LogP contribution in [0, 0.1) is 5.82 Å². The molecule has 0 aliphatic carbocycles. The van der Waals surface area contributed by atoms with Crippen molar-refractivity contribution >= 4 is 21.8 Å². The molecular weight excluding hydrogens is 301 g/mol. The van der Waals surface area contributed by atoms with E-state index in [4.69, 9.17) is 0 Å². The van der Waals surface area contributed by atoms with E-state index in [-0.39, 0.29) is 15.2 Å². The van der Waals surface area contributed by atoms with E-state index in [1.165, 1.54) is 10.4 Å². The molecule has 1 fully saturated rings. The molecule has 0 bridgehead atoms. The summed E-state index contributed by atoms with van der Waals surface area (Å²) in [5.74, 6) is 0.0853. The molecular formula is C13H18FNO3S2. The summed E-state index contributed by atoms with van der Waals surface area (Å²) >= 11 is 1.72. The van der Waals surface area contributed by atoms with Gasteiger partial charge >= 0.3 is 0 Å². The Balaban J connectivity index is 2.42. The zero-order valence-corrected chi connectivity index (χ0v) is 13.1. The highest BCUT2D eigenvalue weighted by atomic mass is 32.2. The van der Waals surface area contributed by atoms with Crippen LogP contribution in [0.2, 0.25) is 0 Å². The van der Waals surface area contributed by atoms with Gasteiger partial charge in [0, 0.05) is 23.6 Å². The Hall–Kier alpha value is -0.630. The van der Waals surface area contributed by atoms with E-state index in [2.05, 4.69) is 0 Å². The molecule has 1 saturated heterocycles. The SMILES string of the molecule is CC1(C)CN(S(=O)(=O)c2cc(F)ccc2CO)CCS1. The molecule has 0 saturated carbocycles. The molecule has 1 N–H and O–H groups in total. The molecule has 0 aromatic heterocycles. The molecule has 0 amide bonds. The summed E-state index contributed by atoms with van der Waals surface area (Å²) in [7, 11) is -3.78. The Morgan fingerprint density at radius 3 is 2.75 bits per heavy atom. The number of aliphatic hydroxyl groups excluding tert-OH is 1. The highest BCUT2D eigenvalue weighted by Gasteiger charge is 2.35. The van der Waals surface area contributed by atoms with Gasteiger partial charge in [0.2, 0.25) is 10.0 Å². The Morgan fingerprint density at radius 2 is 2.15 bits per heavy atom. The van der Waals surface area contributed by atoms with Crippen molar-refractivity contribution in [2.45, 2.75) is 30.1 Å². The number of thioether (sulfide) groups is 1. The normalized spacial score (nSPS) is 20.0. The molecule has 1 aliphatic rings. The lowest BCUT2D eigenvalue weighted by Gasteiger charge is -2.36. The number of nitrogens with zero attached hydrogens (tertiary/aromatic N) is 1. The van der Waals surface area contributed by atoms with Crippen LogP contribution in [0.15, 0.2) is 23.1 Å². The van der Waals surface area contributed by atoms with E-state index in [0.29, 0.717) is 18.8 Å². The molecule has 0 radical (unpaired) electrons. The zero-order valence-electron chi connectivity index (χ0n) is 11.5. The van der Waals surface area contributed by atoms with Gasteiger partial charge in [-0.2, -0.15) is 16.1 Å². The van der Waals surface area contributed by atoms with Crippen LogP contribution in [0.5, 0.6) is 0 Å². The number of rotatable bonds is 3. The molecule has 1 aliphatic heterocycles. The highest BCUT2D eigenvalue weighted by molar-refractivity contribution is 8.00. The fourth-order valence-corrected chi connectivity index (χ4v) is 5.35. The first kappa shape index (κ1) is 15.8. The number of sulfonamides is 1. The van der Waals surface area contributed by atoms with Crippen LogP contribution in [0.1, 0.15) is 19.4 Å². The van der Waals surface area contributed by atoms with Crippen LogP contribution in [-0.4, -0.2) is 41.4 Å². The summed E-state index contributed by atoms with van der Waals surface area (Å²) < 4.78 is 39.9. The molecule has 1 heterocycles. The third-order valence-electron chi connectivity index (χ3n) is 3.21. The first-order valence-corrected chi connectivity index (χ1v) is 8.72.